The Labute approximate surface area is 112 Å². The van der Waals surface area contributed by atoms with E-state index in [1.165, 1.54) is 10.4 Å². The third-order valence-electron chi connectivity index (χ3n) is 3.15. The maximum atomic E-state index is 11.6. The second-order valence-corrected chi connectivity index (χ2v) is 5.56. The summed E-state index contributed by atoms with van der Waals surface area (Å²) in [5.74, 6) is -0.0265. The number of aryl methyl sites for hydroxylation is 1. The summed E-state index contributed by atoms with van der Waals surface area (Å²) in [4.78, 5) is 12.9. The molecule has 1 saturated heterocycles. The Balaban J connectivity index is 1.64. The molecule has 1 amide bonds. The lowest BCUT2D eigenvalue weighted by Gasteiger charge is -2.22. The van der Waals surface area contributed by atoms with Crippen molar-refractivity contribution in [3.05, 3.63) is 21.9 Å². The Hall–Kier alpha value is -0.910. The molecule has 0 aromatic carbocycles. The van der Waals surface area contributed by atoms with Crippen LogP contribution in [0, 0.1) is 6.92 Å². The van der Waals surface area contributed by atoms with Gasteiger partial charge in [-0.2, -0.15) is 0 Å². The van der Waals surface area contributed by atoms with Gasteiger partial charge in [-0.05, 0) is 49.9 Å². The molecule has 1 fully saturated rings. The molecule has 0 radical (unpaired) electrons. The van der Waals surface area contributed by atoms with Gasteiger partial charge >= 0.3 is 0 Å². The number of hydrogen-bond acceptors (Lipinski definition) is 4. The smallest absolute Gasteiger partial charge is 0.246 e. The van der Waals surface area contributed by atoms with E-state index in [2.05, 4.69) is 23.6 Å². The van der Waals surface area contributed by atoms with E-state index >= 15 is 0 Å². The number of carbonyl (C=O) groups excluding carboxylic acids is 1. The summed E-state index contributed by atoms with van der Waals surface area (Å²) < 4.78 is 5.60. The van der Waals surface area contributed by atoms with Gasteiger partial charge in [-0.25, -0.2) is 0 Å². The first-order valence-electron chi connectivity index (χ1n) is 6.37. The molecular weight excluding hydrogens is 248 g/mol. The normalized spacial score (nSPS) is 16.7. The summed E-state index contributed by atoms with van der Waals surface area (Å²) in [5.41, 5.74) is 1.24. The molecule has 18 heavy (non-hydrogen) atoms. The maximum Gasteiger partial charge on any atom is 0.246 e. The Bertz CT molecular complexity index is 386. The van der Waals surface area contributed by atoms with Crippen LogP contribution in [-0.4, -0.2) is 31.7 Å². The standard InChI is InChI=1S/C13H20N2O2S/c1-10-4-7-18-12(10)8-15-13(16)9-17-11-2-5-14-6-3-11/h4,7,11,14H,2-3,5-6,8-9H2,1H3,(H,15,16). The van der Waals surface area contributed by atoms with Crippen LogP contribution in [-0.2, 0) is 16.1 Å². The van der Waals surface area contributed by atoms with E-state index in [-0.39, 0.29) is 18.6 Å². The summed E-state index contributed by atoms with van der Waals surface area (Å²) in [6.07, 6.45) is 2.23. The van der Waals surface area contributed by atoms with Crippen LogP contribution in [0.2, 0.25) is 0 Å². The van der Waals surface area contributed by atoms with Crippen LogP contribution >= 0.6 is 11.3 Å². The first kappa shape index (κ1) is 13.5. The number of amides is 1. The maximum absolute atomic E-state index is 11.6. The molecule has 0 saturated carbocycles. The molecule has 2 heterocycles. The SMILES string of the molecule is Cc1ccsc1CNC(=O)COC1CCNCC1. The molecule has 2 N–H and O–H groups in total. The minimum atomic E-state index is -0.0265. The molecule has 0 aliphatic carbocycles. The second kappa shape index (κ2) is 6.87. The molecule has 1 aromatic rings. The zero-order valence-electron chi connectivity index (χ0n) is 10.7. The Kier molecular flexibility index (Phi) is 5.16. The molecule has 100 valence electrons. The van der Waals surface area contributed by atoms with Crippen LogP contribution in [0.25, 0.3) is 0 Å². The van der Waals surface area contributed by atoms with Gasteiger partial charge in [0.25, 0.3) is 0 Å². The lowest BCUT2D eigenvalue weighted by molar-refractivity contribution is -0.128. The van der Waals surface area contributed by atoms with Crippen LogP contribution in [0.5, 0.6) is 0 Å². The van der Waals surface area contributed by atoms with E-state index in [9.17, 15) is 4.79 Å². The van der Waals surface area contributed by atoms with Crippen LogP contribution in [0.3, 0.4) is 0 Å². The van der Waals surface area contributed by atoms with E-state index in [0.717, 1.165) is 25.9 Å². The van der Waals surface area contributed by atoms with Crippen molar-refractivity contribution in [3.8, 4) is 0 Å². The highest BCUT2D eigenvalue weighted by Crippen LogP contribution is 2.14. The summed E-state index contributed by atoms with van der Waals surface area (Å²) in [5, 5.41) is 8.21. The molecule has 0 spiro atoms. The number of carbonyl (C=O) groups is 1. The van der Waals surface area contributed by atoms with E-state index in [4.69, 9.17) is 4.74 Å². The van der Waals surface area contributed by atoms with Crippen molar-refractivity contribution in [3.63, 3.8) is 0 Å². The summed E-state index contributed by atoms with van der Waals surface area (Å²) in [6.45, 7) is 4.82. The van der Waals surface area contributed by atoms with Gasteiger partial charge in [-0.15, -0.1) is 11.3 Å². The Morgan fingerprint density at radius 1 is 1.56 bits per heavy atom. The fourth-order valence-electron chi connectivity index (χ4n) is 1.97. The van der Waals surface area contributed by atoms with Gasteiger partial charge in [0.15, 0.2) is 0 Å². The third-order valence-corrected chi connectivity index (χ3v) is 4.17. The van der Waals surface area contributed by atoms with Crippen molar-refractivity contribution < 1.29 is 9.53 Å². The molecule has 4 nitrogen and oxygen atoms in total. The van der Waals surface area contributed by atoms with Crippen LogP contribution in [0.4, 0.5) is 0 Å². The quantitative estimate of drug-likeness (QED) is 0.849. The van der Waals surface area contributed by atoms with Crippen molar-refractivity contribution in [2.75, 3.05) is 19.7 Å². The van der Waals surface area contributed by atoms with Crippen molar-refractivity contribution in [2.45, 2.75) is 32.4 Å². The molecule has 1 aromatic heterocycles. The van der Waals surface area contributed by atoms with Gasteiger partial charge in [0, 0.05) is 4.88 Å². The first-order chi connectivity index (χ1) is 8.75. The number of thiophene rings is 1. The fraction of sp³-hybridized carbons (Fsp3) is 0.615. The van der Waals surface area contributed by atoms with Gasteiger partial charge in [0.05, 0.1) is 12.6 Å². The molecule has 1 aliphatic heterocycles. The molecule has 1 aliphatic rings. The fourth-order valence-corrected chi connectivity index (χ4v) is 2.82. The topological polar surface area (TPSA) is 50.4 Å². The predicted molar refractivity (Wildman–Crippen MR) is 72.7 cm³/mol. The highest BCUT2D eigenvalue weighted by atomic mass is 32.1. The van der Waals surface area contributed by atoms with Gasteiger partial charge in [0.2, 0.25) is 5.91 Å². The number of rotatable bonds is 5. The van der Waals surface area contributed by atoms with Crippen LogP contribution in [0.15, 0.2) is 11.4 Å². The second-order valence-electron chi connectivity index (χ2n) is 4.56. The number of hydrogen-bond donors (Lipinski definition) is 2. The monoisotopic (exact) mass is 268 g/mol. The highest BCUT2D eigenvalue weighted by molar-refractivity contribution is 7.10. The van der Waals surface area contributed by atoms with Crippen molar-refractivity contribution in [1.29, 1.82) is 0 Å². The highest BCUT2D eigenvalue weighted by Gasteiger charge is 2.14. The Morgan fingerprint density at radius 3 is 3.00 bits per heavy atom. The summed E-state index contributed by atoms with van der Waals surface area (Å²) in [7, 11) is 0. The summed E-state index contributed by atoms with van der Waals surface area (Å²) >= 11 is 1.67. The molecule has 5 heteroatoms. The number of nitrogens with one attached hydrogen (secondary N) is 2. The zero-order chi connectivity index (χ0) is 12.8. The first-order valence-corrected chi connectivity index (χ1v) is 7.25. The van der Waals surface area contributed by atoms with E-state index in [1.54, 1.807) is 11.3 Å². The van der Waals surface area contributed by atoms with Crippen molar-refractivity contribution >= 4 is 17.2 Å². The largest absolute Gasteiger partial charge is 0.368 e. The average molecular weight is 268 g/mol. The zero-order valence-corrected chi connectivity index (χ0v) is 11.5. The third kappa shape index (κ3) is 4.08. The molecule has 2 rings (SSSR count). The molecular formula is C13H20N2O2S. The number of piperidine rings is 1. The predicted octanol–water partition coefficient (Wildman–Crippen LogP) is 1.44. The molecule has 0 unspecified atom stereocenters. The minimum Gasteiger partial charge on any atom is -0.368 e. The van der Waals surface area contributed by atoms with Gasteiger partial charge in [0.1, 0.15) is 6.61 Å². The lowest BCUT2D eigenvalue weighted by Crippen LogP contribution is -2.35. The minimum absolute atomic E-state index is 0.0265. The van der Waals surface area contributed by atoms with Crippen LogP contribution < -0.4 is 10.6 Å². The molecule has 0 bridgehead atoms. The molecule has 0 atom stereocenters. The lowest BCUT2D eigenvalue weighted by atomic mass is 10.1. The van der Waals surface area contributed by atoms with Crippen LogP contribution in [0.1, 0.15) is 23.3 Å². The van der Waals surface area contributed by atoms with E-state index in [0.29, 0.717) is 6.54 Å². The van der Waals surface area contributed by atoms with E-state index < -0.39 is 0 Å². The Morgan fingerprint density at radius 2 is 2.33 bits per heavy atom. The number of ether oxygens (including phenoxy) is 1. The van der Waals surface area contributed by atoms with Gasteiger partial charge < -0.3 is 15.4 Å². The van der Waals surface area contributed by atoms with E-state index in [1.807, 2.05) is 5.38 Å². The van der Waals surface area contributed by atoms with Gasteiger partial charge in [-0.3, -0.25) is 4.79 Å². The summed E-state index contributed by atoms with van der Waals surface area (Å²) in [6, 6.07) is 2.07. The van der Waals surface area contributed by atoms with Crippen molar-refractivity contribution in [1.82, 2.24) is 10.6 Å². The van der Waals surface area contributed by atoms with Gasteiger partial charge in [-0.1, -0.05) is 0 Å². The van der Waals surface area contributed by atoms with Crippen molar-refractivity contribution in [2.24, 2.45) is 0 Å². The average Bonchev–Trinajstić information content (AvgIpc) is 2.81.